The third-order valence-corrected chi connectivity index (χ3v) is 5.27. The van der Waals surface area contributed by atoms with Gasteiger partial charge >= 0.3 is 0 Å². The first-order chi connectivity index (χ1) is 12.1. The molecule has 1 aliphatic carbocycles. The summed E-state index contributed by atoms with van der Waals surface area (Å²) in [5, 5.41) is 9.54. The van der Waals surface area contributed by atoms with Crippen molar-refractivity contribution in [2.45, 2.75) is 44.9 Å². The highest BCUT2D eigenvalue weighted by Crippen LogP contribution is 2.55. The Hall–Kier alpha value is -2.78. The van der Waals surface area contributed by atoms with Gasteiger partial charge in [-0.1, -0.05) is 44.9 Å². The normalized spacial score (nSPS) is 13.5. The molecule has 0 aromatic heterocycles. The van der Waals surface area contributed by atoms with E-state index in [0.29, 0.717) is 17.0 Å². The Morgan fingerprint density at radius 2 is 1.76 bits per heavy atom. The van der Waals surface area contributed by atoms with Crippen molar-refractivity contribution < 1.29 is 4.74 Å². The third kappa shape index (κ3) is 2.48. The minimum Gasteiger partial charge on any atom is -0.495 e. The molecule has 3 heteroatoms. The summed E-state index contributed by atoms with van der Waals surface area (Å²) in [6.45, 7) is 11.8. The Bertz CT molecular complexity index is 893. The maximum atomic E-state index is 9.54. The Morgan fingerprint density at radius 1 is 1.08 bits per heavy atom. The van der Waals surface area contributed by atoms with Crippen LogP contribution in [0.3, 0.4) is 0 Å². The minimum atomic E-state index is -0.118. The lowest BCUT2D eigenvalue weighted by molar-refractivity contribution is 0.411. The Labute approximate surface area is 149 Å². The molecule has 0 saturated carbocycles. The average molecular weight is 330 g/mol. The summed E-state index contributed by atoms with van der Waals surface area (Å²) in [7, 11) is 1.60. The molecule has 3 rings (SSSR count). The molecule has 2 aromatic rings. The fourth-order valence-corrected chi connectivity index (χ4v) is 4.35. The average Bonchev–Trinajstić information content (AvgIpc) is 2.90. The predicted octanol–water partition coefficient (Wildman–Crippen LogP) is 5.98. The van der Waals surface area contributed by atoms with Crippen LogP contribution >= 0.6 is 0 Å². The summed E-state index contributed by atoms with van der Waals surface area (Å²) in [4.78, 5) is 3.64. The zero-order valence-corrected chi connectivity index (χ0v) is 15.0. The van der Waals surface area contributed by atoms with Crippen LogP contribution in [-0.2, 0) is 5.41 Å². The standard InChI is InChI=1S/C22H22N2O/c1-5-9-22(10-6-2)19-11-15(14-23)21(25-4)13-18(19)17-8-7-16(24-3)12-20(17)22/h7-8,11-13H,5-6,9-10H2,1-2,4H3. The van der Waals surface area contributed by atoms with Crippen molar-refractivity contribution in [1.29, 1.82) is 5.26 Å². The molecule has 25 heavy (non-hydrogen) atoms. The van der Waals surface area contributed by atoms with Crippen LogP contribution in [-0.4, -0.2) is 7.11 Å². The van der Waals surface area contributed by atoms with Gasteiger partial charge in [0.05, 0.1) is 19.2 Å². The molecule has 0 bridgehead atoms. The Morgan fingerprint density at radius 3 is 2.32 bits per heavy atom. The van der Waals surface area contributed by atoms with Crippen LogP contribution in [0.4, 0.5) is 5.69 Å². The van der Waals surface area contributed by atoms with Crippen LogP contribution in [0.2, 0.25) is 0 Å². The van der Waals surface area contributed by atoms with Gasteiger partial charge in [0.2, 0.25) is 0 Å². The fraction of sp³-hybridized carbons (Fsp3) is 0.364. The van der Waals surface area contributed by atoms with Gasteiger partial charge in [-0.05, 0) is 47.2 Å². The van der Waals surface area contributed by atoms with Crippen molar-refractivity contribution >= 4 is 5.69 Å². The van der Waals surface area contributed by atoms with Crippen LogP contribution < -0.4 is 4.74 Å². The van der Waals surface area contributed by atoms with Crippen LogP contribution in [0.25, 0.3) is 16.0 Å². The molecule has 2 aromatic carbocycles. The number of methoxy groups -OCH3 is 1. The van der Waals surface area contributed by atoms with E-state index in [-0.39, 0.29) is 5.41 Å². The third-order valence-electron chi connectivity index (χ3n) is 5.27. The van der Waals surface area contributed by atoms with Gasteiger partial charge in [-0.3, -0.25) is 0 Å². The molecule has 126 valence electrons. The van der Waals surface area contributed by atoms with Crippen molar-refractivity contribution in [3.63, 3.8) is 0 Å². The first-order valence-corrected chi connectivity index (χ1v) is 8.80. The molecule has 0 aliphatic heterocycles. The van der Waals surface area contributed by atoms with Crippen LogP contribution in [0, 0.1) is 17.9 Å². The summed E-state index contributed by atoms with van der Waals surface area (Å²) in [5.74, 6) is 0.616. The SMILES string of the molecule is [C-]#[N+]c1ccc2c(c1)C(CCC)(CCC)c1cc(C#N)c(OC)cc1-2. The Balaban J connectivity index is 2.38. The first-order valence-electron chi connectivity index (χ1n) is 8.80. The van der Waals surface area contributed by atoms with Crippen LogP contribution in [0.5, 0.6) is 5.75 Å². The highest BCUT2D eigenvalue weighted by atomic mass is 16.5. The molecule has 3 nitrogen and oxygen atoms in total. The van der Waals surface area contributed by atoms with E-state index in [0.717, 1.165) is 31.2 Å². The molecule has 0 saturated heterocycles. The van der Waals surface area contributed by atoms with Crippen LogP contribution in [0.15, 0.2) is 30.3 Å². The topological polar surface area (TPSA) is 37.4 Å². The van der Waals surface area contributed by atoms with Crippen molar-refractivity contribution in [2.24, 2.45) is 0 Å². The lowest BCUT2D eigenvalue weighted by Gasteiger charge is -2.32. The molecule has 0 heterocycles. The van der Waals surface area contributed by atoms with E-state index in [1.54, 1.807) is 7.11 Å². The molecule has 0 radical (unpaired) electrons. The van der Waals surface area contributed by atoms with Gasteiger partial charge in [-0.2, -0.15) is 5.26 Å². The number of nitrogens with zero attached hydrogens (tertiary/aromatic N) is 2. The molecular formula is C22H22N2O. The van der Waals surface area contributed by atoms with Gasteiger partial charge in [0.25, 0.3) is 0 Å². The van der Waals surface area contributed by atoms with Gasteiger partial charge in [-0.15, -0.1) is 0 Å². The molecule has 1 aliphatic rings. The second-order valence-corrected chi connectivity index (χ2v) is 6.63. The Kier molecular flexibility index (Phi) is 4.51. The van der Waals surface area contributed by atoms with E-state index < -0.39 is 0 Å². The molecular weight excluding hydrogens is 308 g/mol. The smallest absolute Gasteiger partial charge is 0.187 e. The molecule has 0 spiro atoms. The van der Waals surface area contributed by atoms with Crippen molar-refractivity contribution in [3.8, 4) is 22.9 Å². The summed E-state index contributed by atoms with van der Waals surface area (Å²) < 4.78 is 5.44. The molecule has 0 atom stereocenters. The van der Waals surface area contributed by atoms with Crippen molar-refractivity contribution in [1.82, 2.24) is 0 Å². The summed E-state index contributed by atoms with van der Waals surface area (Å²) >= 11 is 0. The quantitative estimate of drug-likeness (QED) is 0.632. The summed E-state index contributed by atoms with van der Waals surface area (Å²) in [5.41, 5.74) is 5.90. The van der Waals surface area contributed by atoms with E-state index >= 15 is 0 Å². The fourth-order valence-electron chi connectivity index (χ4n) is 4.35. The zero-order valence-electron chi connectivity index (χ0n) is 15.0. The zero-order chi connectivity index (χ0) is 18.0. The van der Waals surface area contributed by atoms with E-state index in [1.165, 1.54) is 16.7 Å². The van der Waals surface area contributed by atoms with E-state index in [9.17, 15) is 5.26 Å². The first kappa shape index (κ1) is 17.1. The van der Waals surface area contributed by atoms with E-state index in [2.05, 4.69) is 30.8 Å². The molecule has 0 amide bonds. The highest BCUT2D eigenvalue weighted by molar-refractivity contribution is 5.84. The maximum absolute atomic E-state index is 9.54. The van der Waals surface area contributed by atoms with E-state index in [1.807, 2.05) is 24.3 Å². The van der Waals surface area contributed by atoms with Gasteiger partial charge < -0.3 is 4.74 Å². The van der Waals surface area contributed by atoms with Crippen molar-refractivity contribution in [2.75, 3.05) is 7.11 Å². The molecule has 0 N–H and O–H groups in total. The largest absolute Gasteiger partial charge is 0.495 e. The molecule has 0 fully saturated rings. The predicted molar refractivity (Wildman–Crippen MR) is 100 cm³/mol. The number of fused-ring (bicyclic) bond motifs is 3. The van der Waals surface area contributed by atoms with Gasteiger partial charge in [0.15, 0.2) is 5.69 Å². The number of hydrogen-bond acceptors (Lipinski definition) is 2. The van der Waals surface area contributed by atoms with Crippen LogP contribution in [0.1, 0.15) is 56.2 Å². The number of nitriles is 1. The second kappa shape index (κ2) is 6.61. The monoisotopic (exact) mass is 330 g/mol. The number of benzene rings is 2. The highest BCUT2D eigenvalue weighted by Gasteiger charge is 2.42. The lowest BCUT2D eigenvalue weighted by atomic mass is 9.71. The maximum Gasteiger partial charge on any atom is 0.187 e. The number of hydrogen-bond donors (Lipinski definition) is 0. The van der Waals surface area contributed by atoms with E-state index in [4.69, 9.17) is 11.3 Å². The number of ether oxygens (including phenoxy) is 1. The number of rotatable bonds is 5. The van der Waals surface area contributed by atoms with Crippen molar-refractivity contribution in [3.05, 3.63) is 58.4 Å². The summed E-state index contributed by atoms with van der Waals surface area (Å²) in [6, 6.07) is 12.3. The van der Waals surface area contributed by atoms with Gasteiger partial charge in [0.1, 0.15) is 11.8 Å². The van der Waals surface area contributed by atoms with Gasteiger partial charge in [-0.25, -0.2) is 4.85 Å². The van der Waals surface area contributed by atoms with Gasteiger partial charge in [0, 0.05) is 5.41 Å². The second-order valence-electron chi connectivity index (χ2n) is 6.63. The molecule has 0 unspecified atom stereocenters. The lowest BCUT2D eigenvalue weighted by Crippen LogP contribution is -2.25. The summed E-state index contributed by atoms with van der Waals surface area (Å²) in [6.07, 6.45) is 4.13. The minimum absolute atomic E-state index is 0.118.